The summed E-state index contributed by atoms with van der Waals surface area (Å²) < 4.78 is 4.56. The second-order valence-electron chi connectivity index (χ2n) is 11.5. The van der Waals surface area contributed by atoms with E-state index in [9.17, 15) is 10.2 Å². The summed E-state index contributed by atoms with van der Waals surface area (Å²) in [6, 6.07) is 33.9. The van der Waals surface area contributed by atoms with Gasteiger partial charge < -0.3 is 29.1 Å². The highest BCUT2D eigenvalue weighted by Gasteiger charge is 2.27. The molecule has 0 unspecified atom stereocenters. The van der Waals surface area contributed by atoms with E-state index in [1.54, 1.807) is 0 Å². The standard InChI is InChI=1S/C34H36N4O2/c39-25(23-37-31-13-5-1-9-27(31)28-10-2-6-14-32(28)37)21-35-17-19-36(20-18-35)22-26(40)24-38-33-15-7-3-11-29(33)30-12-4-8-16-34(30)38/h1-16,25-26,39-40H,17-24H2/p+2/t25-,26+. The third kappa shape index (κ3) is 4.67. The number of aromatic nitrogens is 2. The Hall–Kier alpha value is -3.68. The zero-order valence-corrected chi connectivity index (χ0v) is 22.8. The number of nitrogens with one attached hydrogen (secondary N) is 2. The van der Waals surface area contributed by atoms with Gasteiger partial charge in [-0.1, -0.05) is 72.8 Å². The maximum atomic E-state index is 11.1. The number of nitrogens with zero attached hydrogens (tertiary/aromatic N) is 2. The van der Waals surface area contributed by atoms with E-state index in [-0.39, 0.29) is 0 Å². The minimum atomic E-state index is -0.406. The molecule has 0 amide bonds. The van der Waals surface area contributed by atoms with Gasteiger partial charge in [0.2, 0.25) is 0 Å². The molecule has 0 aliphatic carbocycles. The summed E-state index contributed by atoms with van der Waals surface area (Å²) in [6.07, 6.45) is -0.812. The molecule has 0 radical (unpaired) electrons. The Kier molecular flexibility index (Phi) is 6.77. The number of quaternary nitrogens is 2. The summed E-state index contributed by atoms with van der Waals surface area (Å²) in [6.45, 7) is 6.76. The van der Waals surface area contributed by atoms with Crippen LogP contribution in [0.25, 0.3) is 43.6 Å². The lowest BCUT2D eigenvalue weighted by Gasteiger charge is -2.32. The number of hydrogen-bond acceptors (Lipinski definition) is 2. The number of hydrogen-bond donors (Lipinski definition) is 4. The van der Waals surface area contributed by atoms with Crippen molar-refractivity contribution >= 4 is 43.6 Å². The molecule has 0 bridgehead atoms. The first kappa shape index (κ1) is 25.3. The van der Waals surface area contributed by atoms with Crippen molar-refractivity contribution in [1.82, 2.24) is 9.13 Å². The first-order chi connectivity index (χ1) is 19.7. The fourth-order valence-electron chi connectivity index (χ4n) is 6.98. The van der Waals surface area contributed by atoms with Crippen molar-refractivity contribution in [2.45, 2.75) is 25.3 Å². The van der Waals surface area contributed by atoms with Gasteiger partial charge in [-0.25, -0.2) is 0 Å². The van der Waals surface area contributed by atoms with E-state index < -0.39 is 12.2 Å². The van der Waals surface area contributed by atoms with E-state index in [0.717, 1.165) is 39.3 Å². The zero-order chi connectivity index (χ0) is 27.1. The molecule has 1 fully saturated rings. The molecule has 1 saturated heterocycles. The number of fused-ring (bicyclic) bond motifs is 6. The largest absolute Gasteiger partial charge is 0.385 e. The summed E-state index contributed by atoms with van der Waals surface area (Å²) in [5, 5.41) is 27.2. The molecule has 0 spiro atoms. The quantitative estimate of drug-likeness (QED) is 0.242. The lowest BCUT2D eigenvalue weighted by Crippen LogP contribution is -3.28. The Morgan fingerprint density at radius 2 is 0.750 bits per heavy atom. The number of rotatable bonds is 8. The third-order valence-electron chi connectivity index (χ3n) is 8.86. The summed E-state index contributed by atoms with van der Waals surface area (Å²) in [5.74, 6) is 0. The zero-order valence-electron chi connectivity index (χ0n) is 22.8. The number of piperazine rings is 1. The second-order valence-corrected chi connectivity index (χ2v) is 11.5. The molecule has 6 nitrogen and oxygen atoms in total. The van der Waals surface area contributed by atoms with Crippen LogP contribution in [0.4, 0.5) is 0 Å². The van der Waals surface area contributed by atoms with Crippen LogP contribution in [0.2, 0.25) is 0 Å². The van der Waals surface area contributed by atoms with E-state index in [4.69, 9.17) is 0 Å². The van der Waals surface area contributed by atoms with Crippen molar-refractivity contribution in [3.63, 3.8) is 0 Å². The lowest BCUT2D eigenvalue weighted by atomic mass is 10.2. The van der Waals surface area contributed by atoms with Crippen LogP contribution in [0.1, 0.15) is 0 Å². The Labute approximate surface area is 234 Å². The SMILES string of the molecule is O[C@H](Cn1c2ccccc2c2ccccc21)C[NH+]1CC[NH+](C[C@@H](O)Cn2c3ccccc3c3ccccc32)CC1. The Bertz CT molecular complexity index is 1540. The van der Waals surface area contributed by atoms with Crippen molar-refractivity contribution < 1.29 is 20.0 Å². The maximum Gasteiger partial charge on any atom is 0.127 e. The van der Waals surface area contributed by atoms with Gasteiger partial charge in [0.1, 0.15) is 51.5 Å². The molecular weight excluding hydrogens is 496 g/mol. The van der Waals surface area contributed by atoms with Gasteiger partial charge in [-0.15, -0.1) is 0 Å². The van der Waals surface area contributed by atoms with Crippen molar-refractivity contribution in [1.29, 1.82) is 0 Å². The van der Waals surface area contributed by atoms with Gasteiger partial charge in [0.15, 0.2) is 0 Å². The van der Waals surface area contributed by atoms with E-state index in [0.29, 0.717) is 13.1 Å². The van der Waals surface area contributed by atoms with Gasteiger partial charge in [-0.2, -0.15) is 0 Å². The Morgan fingerprint density at radius 3 is 1.05 bits per heavy atom. The van der Waals surface area contributed by atoms with Gasteiger partial charge in [-0.3, -0.25) is 0 Å². The molecule has 204 valence electrons. The average molecular weight is 535 g/mol. The predicted molar refractivity (Wildman–Crippen MR) is 162 cm³/mol. The van der Waals surface area contributed by atoms with Gasteiger partial charge >= 0.3 is 0 Å². The molecule has 4 aromatic carbocycles. The molecule has 6 aromatic rings. The topological polar surface area (TPSA) is 59.2 Å². The minimum absolute atomic E-state index is 0.406. The fourth-order valence-corrected chi connectivity index (χ4v) is 6.98. The highest BCUT2D eigenvalue weighted by molar-refractivity contribution is 6.08. The molecule has 1 aliphatic heterocycles. The maximum absolute atomic E-state index is 11.1. The minimum Gasteiger partial charge on any atom is -0.385 e. The van der Waals surface area contributed by atoms with Crippen molar-refractivity contribution in [2.75, 3.05) is 39.3 Å². The third-order valence-corrected chi connectivity index (χ3v) is 8.86. The first-order valence-corrected chi connectivity index (χ1v) is 14.6. The summed E-state index contributed by atoms with van der Waals surface area (Å²) in [4.78, 5) is 2.91. The highest BCUT2D eigenvalue weighted by atomic mass is 16.3. The van der Waals surface area contributed by atoms with Gasteiger partial charge in [0.25, 0.3) is 0 Å². The normalized spacial score (nSPS) is 19.6. The van der Waals surface area contributed by atoms with Crippen LogP contribution in [-0.2, 0) is 13.1 Å². The summed E-state index contributed by atoms with van der Waals surface area (Å²) in [7, 11) is 0. The molecular formula is C34H38N4O2+2. The summed E-state index contributed by atoms with van der Waals surface area (Å²) >= 11 is 0. The molecule has 2 atom stereocenters. The van der Waals surface area contributed by atoms with Gasteiger partial charge in [0, 0.05) is 43.6 Å². The van der Waals surface area contributed by atoms with E-state index in [2.05, 4.69) is 106 Å². The predicted octanol–water partition coefficient (Wildman–Crippen LogP) is 2.11. The van der Waals surface area contributed by atoms with Crippen molar-refractivity contribution in [2.24, 2.45) is 0 Å². The average Bonchev–Trinajstić information content (AvgIpc) is 3.47. The van der Waals surface area contributed by atoms with Crippen LogP contribution in [0.5, 0.6) is 0 Å². The van der Waals surface area contributed by atoms with E-state index >= 15 is 0 Å². The molecule has 0 saturated carbocycles. The molecule has 1 aliphatic rings. The van der Waals surface area contributed by atoms with Crippen LogP contribution in [0.3, 0.4) is 0 Å². The monoisotopic (exact) mass is 534 g/mol. The lowest BCUT2D eigenvalue weighted by molar-refractivity contribution is -1.01. The number of para-hydroxylation sites is 4. The molecule has 6 heteroatoms. The fraction of sp³-hybridized carbons (Fsp3) is 0.294. The molecule has 7 rings (SSSR count). The van der Waals surface area contributed by atoms with Crippen LogP contribution >= 0.6 is 0 Å². The number of aliphatic hydroxyl groups is 2. The van der Waals surface area contributed by atoms with Gasteiger partial charge in [-0.05, 0) is 24.3 Å². The Morgan fingerprint density at radius 1 is 0.475 bits per heavy atom. The van der Waals surface area contributed by atoms with Crippen LogP contribution in [0, 0.1) is 0 Å². The smallest absolute Gasteiger partial charge is 0.127 e. The molecule has 4 N–H and O–H groups in total. The molecule has 40 heavy (non-hydrogen) atoms. The van der Waals surface area contributed by atoms with Gasteiger partial charge in [0.05, 0.1) is 13.1 Å². The van der Waals surface area contributed by atoms with Crippen LogP contribution in [-0.4, -0.2) is 70.8 Å². The van der Waals surface area contributed by atoms with E-state index in [1.807, 2.05) is 0 Å². The van der Waals surface area contributed by atoms with Crippen molar-refractivity contribution in [3.8, 4) is 0 Å². The van der Waals surface area contributed by atoms with Crippen LogP contribution in [0.15, 0.2) is 97.1 Å². The molecule has 2 aromatic heterocycles. The van der Waals surface area contributed by atoms with E-state index in [1.165, 1.54) is 53.4 Å². The second kappa shape index (κ2) is 10.7. The highest BCUT2D eigenvalue weighted by Crippen LogP contribution is 2.30. The Balaban J connectivity index is 0.965. The number of benzene rings is 4. The molecule has 3 heterocycles. The number of aliphatic hydroxyl groups excluding tert-OH is 2. The van der Waals surface area contributed by atoms with Crippen LogP contribution < -0.4 is 9.80 Å². The first-order valence-electron chi connectivity index (χ1n) is 14.6. The van der Waals surface area contributed by atoms with Crippen molar-refractivity contribution in [3.05, 3.63) is 97.1 Å². The summed E-state index contributed by atoms with van der Waals surface area (Å²) in [5.41, 5.74) is 4.74.